The topological polar surface area (TPSA) is 21.3 Å². The average Bonchev–Trinajstić information content (AvgIpc) is 3.04. The van der Waals surface area contributed by atoms with E-state index in [-0.39, 0.29) is 12.1 Å². The molecule has 0 fully saturated rings. The van der Waals surface area contributed by atoms with Gasteiger partial charge in [-0.05, 0) is 62.1 Å². The molecule has 2 aromatic carbocycles. The fourth-order valence-electron chi connectivity index (χ4n) is 4.01. The Morgan fingerprint density at radius 3 is 2.60 bits per heavy atom. The van der Waals surface area contributed by atoms with Crippen LogP contribution in [-0.2, 0) is 0 Å². The summed E-state index contributed by atoms with van der Waals surface area (Å²) in [4.78, 5) is 0. The van der Waals surface area contributed by atoms with E-state index in [9.17, 15) is 0 Å². The van der Waals surface area contributed by atoms with Crippen LogP contribution < -0.4 is 10.1 Å². The molecule has 0 saturated carbocycles. The highest BCUT2D eigenvalue weighted by Crippen LogP contribution is 2.52. The molecule has 3 atom stereocenters. The molecule has 0 bridgehead atoms. The maximum Gasteiger partial charge on any atom is 0.120 e. The van der Waals surface area contributed by atoms with Crippen LogP contribution in [0.2, 0.25) is 10.0 Å². The van der Waals surface area contributed by atoms with Gasteiger partial charge in [-0.15, -0.1) is 0 Å². The minimum Gasteiger partial charge on any atom is -0.491 e. The largest absolute Gasteiger partial charge is 0.491 e. The quantitative estimate of drug-likeness (QED) is 0.611. The molecule has 130 valence electrons. The number of ether oxygens (including phenoxy) is 1. The van der Waals surface area contributed by atoms with Gasteiger partial charge in [-0.3, -0.25) is 0 Å². The summed E-state index contributed by atoms with van der Waals surface area (Å²) in [6.07, 6.45) is 5.75. The van der Waals surface area contributed by atoms with E-state index in [1.165, 1.54) is 5.56 Å². The minimum absolute atomic E-state index is 0.102. The number of rotatable bonds is 3. The van der Waals surface area contributed by atoms with Crippen LogP contribution in [0.4, 0.5) is 5.69 Å². The number of hydrogen-bond acceptors (Lipinski definition) is 2. The molecule has 0 saturated heterocycles. The van der Waals surface area contributed by atoms with Crippen molar-refractivity contribution in [2.24, 2.45) is 5.92 Å². The summed E-state index contributed by atoms with van der Waals surface area (Å²) in [5.74, 6) is 1.67. The van der Waals surface area contributed by atoms with Crippen molar-refractivity contribution in [2.45, 2.75) is 38.3 Å². The first-order valence-electron chi connectivity index (χ1n) is 8.72. The Kier molecular flexibility index (Phi) is 4.43. The van der Waals surface area contributed by atoms with Crippen molar-refractivity contribution in [3.63, 3.8) is 0 Å². The van der Waals surface area contributed by atoms with Gasteiger partial charge in [-0.1, -0.05) is 41.4 Å². The molecule has 2 aliphatic rings. The number of fused-ring (bicyclic) bond motifs is 3. The number of allylic oxidation sites excluding steroid dienone is 2. The highest BCUT2D eigenvalue weighted by atomic mass is 35.5. The Labute approximate surface area is 158 Å². The van der Waals surface area contributed by atoms with Crippen molar-refractivity contribution in [2.75, 3.05) is 5.32 Å². The molecule has 0 radical (unpaired) electrons. The lowest BCUT2D eigenvalue weighted by atomic mass is 9.77. The van der Waals surface area contributed by atoms with Gasteiger partial charge in [0.25, 0.3) is 0 Å². The molecule has 0 aromatic heterocycles. The zero-order valence-corrected chi connectivity index (χ0v) is 15.8. The van der Waals surface area contributed by atoms with Gasteiger partial charge in [0.15, 0.2) is 0 Å². The van der Waals surface area contributed by atoms with Gasteiger partial charge in [0, 0.05) is 27.2 Å². The molecule has 2 aromatic rings. The lowest BCUT2D eigenvalue weighted by molar-refractivity contribution is 0.242. The molecule has 4 rings (SSSR count). The van der Waals surface area contributed by atoms with Crippen LogP contribution in [0.15, 0.2) is 48.6 Å². The van der Waals surface area contributed by atoms with E-state index in [2.05, 4.69) is 29.6 Å². The van der Waals surface area contributed by atoms with Gasteiger partial charge in [-0.25, -0.2) is 0 Å². The number of halogens is 2. The summed E-state index contributed by atoms with van der Waals surface area (Å²) in [6, 6.07) is 12.1. The zero-order chi connectivity index (χ0) is 17.6. The van der Waals surface area contributed by atoms with E-state index in [4.69, 9.17) is 27.9 Å². The Morgan fingerprint density at radius 2 is 1.88 bits per heavy atom. The SMILES string of the molecule is CC(C)Oc1ccc2c(c1)C1C=CCC1C(c1c(Cl)cccc1Cl)N2. The van der Waals surface area contributed by atoms with Crippen molar-refractivity contribution in [3.05, 3.63) is 69.7 Å². The van der Waals surface area contributed by atoms with E-state index in [0.717, 1.165) is 33.5 Å². The molecule has 1 aliphatic heterocycles. The summed E-state index contributed by atoms with van der Waals surface area (Å²) in [6.45, 7) is 4.09. The summed E-state index contributed by atoms with van der Waals surface area (Å²) < 4.78 is 5.88. The van der Waals surface area contributed by atoms with Gasteiger partial charge >= 0.3 is 0 Å². The fraction of sp³-hybridized carbons (Fsp3) is 0.333. The first-order valence-corrected chi connectivity index (χ1v) is 9.48. The molecular formula is C21H21Cl2NO. The molecule has 1 aliphatic carbocycles. The van der Waals surface area contributed by atoms with E-state index in [1.807, 2.05) is 38.1 Å². The van der Waals surface area contributed by atoms with Crippen molar-refractivity contribution in [1.29, 1.82) is 0 Å². The molecule has 3 unspecified atom stereocenters. The van der Waals surface area contributed by atoms with Gasteiger partial charge in [0.2, 0.25) is 0 Å². The molecule has 4 heteroatoms. The highest BCUT2D eigenvalue weighted by molar-refractivity contribution is 6.36. The van der Waals surface area contributed by atoms with Crippen LogP contribution in [0.3, 0.4) is 0 Å². The van der Waals surface area contributed by atoms with Crippen LogP contribution >= 0.6 is 23.2 Å². The Morgan fingerprint density at radius 1 is 1.12 bits per heavy atom. The standard InChI is InChI=1S/C21H21Cl2NO/c1-12(2)25-13-9-10-19-16(11-13)14-5-3-6-15(14)21(24-19)20-17(22)7-4-8-18(20)23/h3-5,7-12,14-15,21,24H,6H2,1-2H3. The Bertz CT molecular complexity index is 810. The van der Waals surface area contributed by atoms with Crippen LogP contribution in [0, 0.1) is 5.92 Å². The van der Waals surface area contributed by atoms with Crippen LogP contribution in [0.1, 0.15) is 43.4 Å². The third-order valence-corrected chi connectivity index (χ3v) is 5.68. The fourth-order valence-corrected chi connectivity index (χ4v) is 4.64. The summed E-state index contributed by atoms with van der Waals surface area (Å²) in [5.41, 5.74) is 3.42. The first kappa shape index (κ1) is 16.8. The van der Waals surface area contributed by atoms with E-state index in [0.29, 0.717) is 11.8 Å². The van der Waals surface area contributed by atoms with E-state index >= 15 is 0 Å². The van der Waals surface area contributed by atoms with Gasteiger partial charge in [0.05, 0.1) is 12.1 Å². The molecule has 0 amide bonds. The average molecular weight is 374 g/mol. The summed E-state index contributed by atoms with van der Waals surface area (Å²) >= 11 is 13.0. The van der Waals surface area contributed by atoms with Crippen LogP contribution in [-0.4, -0.2) is 6.10 Å². The van der Waals surface area contributed by atoms with Crippen molar-refractivity contribution >= 4 is 28.9 Å². The van der Waals surface area contributed by atoms with Crippen LogP contribution in [0.5, 0.6) is 5.75 Å². The van der Waals surface area contributed by atoms with Crippen LogP contribution in [0.25, 0.3) is 0 Å². The van der Waals surface area contributed by atoms with E-state index in [1.54, 1.807) is 0 Å². The second kappa shape index (κ2) is 6.59. The first-order chi connectivity index (χ1) is 12.0. The monoisotopic (exact) mass is 373 g/mol. The Hall–Kier alpha value is -1.64. The second-order valence-corrected chi connectivity index (χ2v) is 7.84. The van der Waals surface area contributed by atoms with Gasteiger partial charge < -0.3 is 10.1 Å². The number of nitrogens with one attached hydrogen (secondary N) is 1. The molecule has 25 heavy (non-hydrogen) atoms. The number of anilines is 1. The zero-order valence-electron chi connectivity index (χ0n) is 14.3. The maximum atomic E-state index is 6.50. The Balaban J connectivity index is 1.76. The smallest absolute Gasteiger partial charge is 0.120 e. The molecule has 2 nitrogen and oxygen atoms in total. The molecule has 1 N–H and O–H groups in total. The maximum absolute atomic E-state index is 6.50. The lowest BCUT2D eigenvalue weighted by Gasteiger charge is -2.38. The van der Waals surface area contributed by atoms with Crippen molar-refractivity contribution in [3.8, 4) is 5.75 Å². The van der Waals surface area contributed by atoms with E-state index < -0.39 is 0 Å². The van der Waals surface area contributed by atoms with Gasteiger partial charge in [-0.2, -0.15) is 0 Å². The number of benzene rings is 2. The normalized spacial score (nSPS) is 24.0. The summed E-state index contributed by atoms with van der Waals surface area (Å²) in [5, 5.41) is 5.12. The third kappa shape index (κ3) is 3.02. The van der Waals surface area contributed by atoms with Crippen molar-refractivity contribution < 1.29 is 4.74 Å². The minimum atomic E-state index is 0.102. The third-order valence-electron chi connectivity index (χ3n) is 5.02. The predicted octanol–water partition coefficient (Wildman–Crippen LogP) is 6.61. The lowest BCUT2D eigenvalue weighted by Crippen LogP contribution is -2.29. The molecular weight excluding hydrogens is 353 g/mol. The second-order valence-electron chi connectivity index (χ2n) is 7.03. The number of hydrogen-bond donors (Lipinski definition) is 1. The molecule has 1 heterocycles. The van der Waals surface area contributed by atoms with Crippen molar-refractivity contribution in [1.82, 2.24) is 0 Å². The summed E-state index contributed by atoms with van der Waals surface area (Å²) in [7, 11) is 0. The van der Waals surface area contributed by atoms with Gasteiger partial charge in [0.1, 0.15) is 5.75 Å². The highest BCUT2D eigenvalue weighted by Gasteiger charge is 2.39. The molecule has 0 spiro atoms. The predicted molar refractivity (Wildman–Crippen MR) is 105 cm³/mol.